The maximum atomic E-state index is 14.5. The molecule has 0 aliphatic carbocycles. The molecule has 0 unspecified atom stereocenters. The Morgan fingerprint density at radius 3 is 2.58 bits per heavy atom. The van der Waals surface area contributed by atoms with Gasteiger partial charge in [-0.2, -0.15) is 0 Å². The molecule has 0 spiro atoms. The fourth-order valence-electron chi connectivity index (χ4n) is 2.67. The Balaban J connectivity index is 2.16. The average Bonchev–Trinajstić information content (AvgIpc) is 2.64. The van der Waals surface area contributed by atoms with Gasteiger partial charge in [0.1, 0.15) is 11.0 Å². The fourth-order valence-corrected chi connectivity index (χ4v) is 3.22. The topological polar surface area (TPSA) is 37.8 Å². The molecule has 0 saturated heterocycles. The van der Waals surface area contributed by atoms with Crippen molar-refractivity contribution in [2.45, 2.75) is 19.8 Å². The molecule has 3 aromatic rings. The van der Waals surface area contributed by atoms with Gasteiger partial charge >= 0.3 is 0 Å². The summed E-state index contributed by atoms with van der Waals surface area (Å²) in [6, 6.07) is 12.0. The van der Waals surface area contributed by atoms with Crippen LogP contribution in [0.3, 0.4) is 0 Å². The molecule has 0 aliphatic heterocycles. The predicted octanol–water partition coefficient (Wildman–Crippen LogP) is 6.47. The van der Waals surface area contributed by atoms with Crippen LogP contribution >= 0.6 is 23.2 Å². The van der Waals surface area contributed by atoms with Crippen LogP contribution in [0.15, 0.2) is 48.7 Å². The zero-order valence-corrected chi connectivity index (χ0v) is 15.8. The van der Waals surface area contributed by atoms with Crippen molar-refractivity contribution >= 4 is 28.9 Å². The maximum Gasteiger partial charge on any atom is 0.139 e. The van der Waals surface area contributed by atoms with Crippen LogP contribution in [0.25, 0.3) is 22.5 Å². The van der Waals surface area contributed by atoms with Crippen molar-refractivity contribution < 1.29 is 4.39 Å². The lowest BCUT2D eigenvalue weighted by molar-refractivity contribution is 0.631. The van der Waals surface area contributed by atoms with E-state index in [1.165, 1.54) is 6.07 Å². The summed E-state index contributed by atoms with van der Waals surface area (Å²) in [6.07, 6.45) is 3.70. The third-order valence-corrected chi connectivity index (χ3v) is 4.55. The number of unbranched alkanes of at least 4 members (excludes halogenated alkanes) is 1. The third kappa shape index (κ3) is 3.97. The Morgan fingerprint density at radius 2 is 1.88 bits per heavy atom. The first-order chi connectivity index (χ1) is 12.6. The number of hydrogen-bond acceptors (Lipinski definition) is 3. The highest BCUT2D eigenvalue weighted by Gasteiger charge is 2.20. The lowest BCUT2D eigenvalue weighted by atomic mass is 10.0. The number of benzene rings is 1. The lowest BCUT2D eigenvalue weighted by Crippen LogP contribution is -2.05. The summed E-state index contributed by atoms with van der Waals surface area (Å²) in [4.78, 5) is 8.74. The van der Waals surface area contributed by atoms with Gasteiger partial charge < -0.3 is 5.32 Å². The Morgan fingerprint density at radius 1 is 1.04 bits per heavy atom. The average molecular weight is 390 g/mol. The molecule has 0 amide bonds. The van der Waals surface area contributed by atoms with Gasteiger partial charge in [0.2, 0.25) is 0 Å². The first kappa shape index (κ1) is 18.6. The van der Waals surface area contributed by atoms with Crippen LogP contribution in [0.5, 0.6) is 0 Å². The molecule has 3 nitrogen and oxygen atoms in total. The molecule has 1 aromatic carbocycles. The zero-order chi connectivity index (χ0) is 18.5. The number of nitrogens with zero attached hydrogens (tertiary/aromatic N) is 2. The SMILES string of the molecule is CCCCNc1cc(-c2ccccn2)nc(Cl)c1-c1c(F)cccc1Cl. The number of hydrogen-bond donors (Lipinski definition) is 1. The van der Waals surface area contributed by atoms with E-state index in [1.54, 1.807) is 18.3 Å². The summed E-state index contributed by atoms with van der Waals surface area (Å²) in [7, 11) is 0. The van der Waals surface area contributed by atoms with Crippen molar-refractivity contribution in [3.05, 3.63) is 64.7 Å². The van der Waals surface area contributed by atoms with Gasteiger partial charge in [0.25, 0.3) is 0 Å². The van der Waals surface area contributed by atoms with Crippen LogP contribution in [0.4, 0.5) is 10.1 Å². The molecule has 3 rings (SSSR count). The van der Waals surface area contributed by atoms with Crippen LogP contribution in [0, 0.1) is 5.82 Å². The quantitative estimate of drug-likeness (QED) is 0.387. The van der Waals surface area contributed by atoms with Gasteiger partial charge in [-0.3, -0.25) is 4.98 Å². The second-order valence-corrected chi connectivity index (χ2v) is 6.58. The Kier molecular flexibility index (Phi) is 6.07. The van der Waals surface area contributed by atoms with E-state index in [4.69, 9.17) is 23.2 Å². The summed E-state index contributed by atoms with van der Waals surface area (Å²) in [5, 5.41) is 3.81. The standard InChI is InChI=1S/C20H18Cl2FN3/c1-2-3-10-25-17-12-16(15-9-4-5-11-24-15)26-20(22)19(17)18-13(21)7-6-8-14(18)23/h4-9,11-12H,2-3,10H2,1H3,(H,25,26). The molecule has 6 heteroatoms. The minimum absolute atomic E-state index is 0.180. The van der Waals surface area contributed by atoms with Gasteiger partial charge in [-0.25, -0.2) is 9.37 Å². The van der Waals surface area contributed by atoms with E-state index < -0.39 is 5.82 Å². The number of pyridine rings is 2. The highest BCUT2D eigenvalue weighted by molar-refractivity contribution is 6.36. The van der Waals surface area contributed by atoms with Crippen molar-refractivity contribution in [3.8, 4) is 22.5 Å². The van der Waals surface area contributed by atoms with Gasteiger partial charge in [0.15, 0.2) is 0 Å². The van der Waals surface area contributed by atoms with Crippen LogP contribution < -0.4 is 5.32 Å². The molecule has 2 aromatic heterocycles. The monoisotopic (exact) mass is 389 g/mol. The van der Waals surface area contributed by atoms with E-state index in [0.29, 0.717) is 22.6 Å². The van der Waals surface area contributed by atoms with E-state index >= 15 is 0 Å². The van der Waals surface area contributed by atoms with Gasteiger partial charge in [-0.15, -0.1) is 0 Å². The van der Waals surface area contributed by atoms with Crippen molar-refractivity contribution in [3.63, 3.8) is 0 Å². The molecule has 134 valence electrons. The Labute approximate surface area is 162 Å². The van der Waals surface area contributed by atoms with E-state index in [2.05, 4.69) is 22.2 Å². The second-order valence-electron chi connectivity index (χ2n) is 5.81. The van der Waals surface area contributed by atoms with Crippen LogP contribution in [-0.2, 0) is 0 Å². The molecular formula is C20H18Cl2FN3. The summed E-state index contributed by atoms with van der Waals surface area (Å²) >= 11 is 12.7. The first-order valence-electron chi connectivity index (χ1n) is 8.42. The predicted molar refractivity (Wildman–Crippen MR) is 106 cm³/mol. The minimum atomic E-state index is -0.440. The van der Waals surface area contributed by atoms with Crippen molar-refractivity contribution in [1.82, 2.24) is 9.97 Å². The number of nitrogens with one attached hydrogen (secondary N) is 1. The molecule has 26 heavy (non-hydrogen) atoms. The van der Waals surface area contributed by atoms with Gasteiger partial charge in [0, 0.05) is 29.6 Å². The first-order valence-corrected chi connectivity index (χ1v) is 9.17. The fraction of sp³-hybridized carbons (Fsp3) is 0.200. The second kappa shape index (κ2) is 8.47. The number of rotatable bonds is 6. The van der Waals surface area contributed by atoms with Crippen LogP contribution in [-0.4, -0.2) is 16.5 Å². The van der Waals surface area contributed by atoms with Crippen molar-refractivity contribution in [2.75, 3.05) is 11.9 Å². The molecule has 0 saturated carbocycles. The Bertz CT molecular complexity index is 881. The lowest BCUT2D eigenvalue weighted by Gasteiger charge is -2.16. The largest absolute Gasteiger partial charge is 0.384 e. The van der Waals surface area contributed by atoms with E-state index in [9.17, 15) is 4.39 Å². The third-order valence-electron chi connectivity index (χ3n) is 3.96. The van der Waals surface area contributed by atoms with Crippen molar-refractivity contribution in [1.29, 1.82) is 0 Å². The van der Waals surface area contributed by atoms with E-state index in [-0.39, 0.29) is 15.7 Å². The smallest absolute Gasteiger partial charge is 0.139 e. The summed E-state index contributed by atoms with van der Waals surface area (Å²) < 4.78 is 14.5. The molecule has 0 fully saturated rings. The molecule has 0 radical (unpaired) electrons. The Hall–Kier alpha value is -2.17. The van der Waals surface area contributed by atoms with E-state index in [1.807, 2.05) is 24.3 Å². The van der Waals surface area contributed by atoms with E-state index in [0.717, 1.165) is 19.4 Å². The highest BCUT2D eigenvalue weighted by atomic mass is 35.5. The molecule has 2 heterocycles. The van der Waals surface area contributed by atoms with Gasteiger partial charge in [0.05, 0.1) is 16.4 Å². The number of halogens is 3. The summed E-state index contributed by atoms with van der Waals surface area (Å²) in [5.41, 5.74) is 2.71. The normalized spacial score (nSPS) is 10.8. The van der Waals surface area contributed by atoms with Gasteiger partial charge in [-0.05, 0) is 36.8 Å². The zero-order valence-electron chi connectivity index (χ0n) is 14.3. The maximum absolute atomic E-state index is 14.5. The minimum Gasteiger partial charge on any atom is -0.384 e. The highest BCUT2D eigenvalue weighted by Crippen LogP contribution is 2.41. The van der Waals surface area contributed by atoms with Gasteiger partial charge in [-0.1, -0.05) is 48.7 Å². The number of aromatic nitrogens is 2. The van der Waals surface area contributed by atoms with Crippen LogP contribution in [0.1, 0.15) is 19.8 Å². The molecule has 1 N–H and O–H groups in total. The van der Waals surface area contributed by atoms with Crippen LogP contribution in [0.2, 0.25) is 10.2 Å². The molecule has 0 aliphatic rings. The summed E-state index contributed by atoms with van der Waals surface area (Å²) in [5.74, 6) is -0.440. The van der Waals surface area contributed by atoms with Crippen molar-refractivity contribution in [2.24, 2.45) is 0 Å². The molecule has 0 bridgehead atoms. The number of anilines is 1. The molecular weight excluding hydrogens is 372 g/mol. The molecule has 0 atom stereocenters. The summed E-state index contributed by atoms with van der Waals surface area (Å²) in [6.45, 7) is 2.84.